The summed E-state index contributed by atoms with van der Waals surface area (Å²) in [5.41, 5.74) is 6.05. The molecule has 0 aromatic heterocycles. The summed E-state index contributed by atoms with van der Waals surface area (Å²) >= 11 is 0. The number of hydrogen-bond donors (Lipinski definition) is 1. The Balaban J connectivity index is 2.62. The van der Waals surface area contributed by atoms with Crippen LogP contribution in [0.25, 0.3) is 0 Å². The van der Waals surface area contributed by atoms with Crippen molar-refractivity contribution in [2.24, 2.45) is 11.7 Å². The number of nitrogens with zero attached hydrogens (tertiary/aromatic N) is 1. The van der Waals surface area contributed by atoms with Crippen LogP contribution in [0.3, 0.4) is 0 Å². The molecule has 0 radical (unpaired) electrons. The highest BCUT2D eigenvalue weighted by molar-refractivity contribution is 7.92. The molecule has 5 heteroatoms. The molecule has 0 atom stereocenters. The lowest BCUT2D eigenvalue weighted by molar-refractivity contribution is 0.0692. The van der Waals surface area contributed by atoms with Gasteiger partial charge in [-0.1, -0.05) is 13.3 Å². The Bertz CT molecular complexity index is 385. The summed E-state index contributed by atoms with van der Waals surface area (Å²) in [6.07, 6.45) is 5.87. The molecule has 2 N–H and O–H groups in total. The topological polar surface area (TPSA) is 63.4 Å². The summed E-state index contributed by atoms with van der Waals surface area (Å²) < 4.78 is 23.9. The lowest BCUT2D eigenvalue weighted by Gasteiger charge is -2.46. The normalized spacial score (nSPS) is 28.2. The Kier molecular flexibility index (Phi) is 6.48. The maximum Gasteiger partial charge on any atom is 0.153 e. The Morgan fingerprint density at radius 3 is 2.25 bits per heavy atom. The lowest BCUT2D eigenvalue weighted by Crippen LogP contribution is -2.55. The molecular weight excluding hydrogens is 272 g/mol. The van der Waals surface area contributed by atoms with Crippen LogP contribution < -0.4 is 5.73 Å². The fraction of sp³-hybridized carbons (Fsp3) is 1.00. The van der Waals surface area contributed by atoms with Crippen LogP contribution in [0.5, 0.6) is 0 Å². The zero-order chi connectivity index (χ0) is 15.4. The number of sulfone groups is 1. The minimum atomic E-state index is -2.96. The first-order chi connectivity index (χ1) is 9.27. The van der Waals surface area contributed by atoms with E-state index in [0.29, 0.717) is 13.1 Å². The summed E-state index contributed by atoms with van der Waals surface area (Å²) in [5.74, 6) is 1.06. The fourth-order valence-corrected chi connectivity index (χ4v) is 4.10. The number of nitrogens with two attached hydrogens (primary N) is 1. The predicted octanol–water partition coefficient (Wildman–Crippen LogP) is 2.04. The molecule has 0 saturated heterocycles. The highest BCUT2D eigenvalue weighted by Gasteiger charge is 2.37. The van der Waals surface area contributed by atoms with Gasteiger partial charge in [-0.3, -0.25) is 4.90 Å². The third-order valence-corrected chi connectivity index (χ3v) is 7.42. The predicted molar refractivity (Wildman–Crippen MR) is 85.6 cm³/mol. The molecule has 0 aromatic carbocycles. The smallest absolute Gasteiger partial charge is 0.153 e. The van der Waals surface area contributed by atoms with Crippen LogP contribution in [0.4, 0.5) is 0 Å². The van der Waals surface area contributed by atoms with Crippen LogP contribution in [0.1, 0.15) is 52.9 Å². The Labute approximate surface area is 125 Å². The molecule has 0 heterocycles. The average molecular weight is 305 g/mol. The van der Waals surface area contributed by atoms with Crippen molar-refractivity contribution in [3.8, 4) is 0 Å². The highest BCUT2D eigenvalue weighted by atomic mass is 32.2. The molecular formula is C15H32N2O2S. The molecule has 0 bridgehead atoms. The first-order valence-corrected chi connectivity index (χ1v) is 9.62. The molecule has 1 rings (SSSR count). The van der Waals surface area contributed by atoms with Crippen LogP contribution in [-0.2, 0) is 9.84 Å². The van der Waals surface area contributed by atoms with Gasteiger partial charge in [0.05, 0.1) is 11.0 Å². The third kappa shape index (κ3) is 4.18. The molecule has 0 amide bonds. The summed E-state index contributed by atoms with van der Waals surface area (Å²) in [7, 11) is -0.928. The minimum Gasteiger partial charge on any atom is -0.329 e. The van der Waals surface area contributed by atoms with Crippen molar-refractivity contribution in [1.82, 2.24) is 4.90 Å². The first-order valence-electron chi connectivity index (χ1n) is 7.90. The Morgan fingerprint density at radius 1 is 1.30 bits per heavy atom. The van der Waals surface area contributed by atoms with Gasteiger partial charge in [-0.05, 0) is 52.5 Å². The molecule has 1 aliphatic rings. The first kappa shape index (κ1) is 17.9. The van der Waals surface area contributed by atoms with Crippen LogP contribution in [0, 0.1) is 5.92 Å². The van der Waals surface area contributed by atoms with E-state index in [1.807, 2.05) is 7.05 Å². The van der Waals surface area contributed by atoms with E-state index in [1.54, 1.807) is 13.8 Å². The lowest BCUT2D eigenvalue weighted by atomic mass is 9.75. The zero-order valence-electron chi connectivity index (χ0n) is 13.6. The molecule has 0 spiro atoms. The third-order valence-electron chi connectivity index (χ3n) is 5.23. The van der Waals surface area contributed by atoms with Gasteiger partial charge in [0.25, 0.3) is 0 Å². The van der Waals surface area contributed by atoms with E-state index in [4.69, 9.17) is 5.73 Å². The van der Waals surface area contributed by atoms with Gasteiger partial charge in [0.15, 0.2) is 9.84 Å². The summed E-state index contributed by atoms with van der Waals surface area (Å²) in [5, 5.41) is -0.291. The summed E-state index contributed by atoms with van der Waals surface area (Å²) in [6.45, 7) is 6.97. The maximum absolute atomic E-state index is 12.0. The van der Waals surface area contributed by atoms with Crippen molar-refractivity contribution in [3.05, 3.63) is 0 Å². The van der Waals surface area contributed by atoms with E-state index in [2.05, 4.69) is 11.8 Å². The molecule has 1 saturated carbocycles. The van der Waals surface area contributed by atoms with Gasteiger partial charge < -0.3 is 5.73 Å². The van der Waals surface area contributed by atoms with Gasteiger partial charge in [-0.25, -0.2) is 8.42 Å². The van der Waals surface area contributed by atoms with E-state index >= 15 is 0 Å². The van der Waals surface area contributed by atoms with E-state index in [9.17, 15) is 8.42 Å². The van der Waals surface area contributed by atoms with Crippen molar-refractivity contribution in [3.63, 3.8) is 0 Å². The minimum absolute atomic E-state index is 0.0121. The fourth-order valence-electron chi connectivity index (χ4n) is 3.10. The molecule has 120 valence electrons. The van der Waals surface area contributed by atoms with E-state index in [0.717, 1.165) is 18.8 Å². The van der Waals surface area contributed by atoms with Crippen LogP contribution in [0.2, 0.25) is 0 Å². The molecule has 1 aliphatic carbocycles. The van der Waals surface area contributed by atoms with Gasteiger partial charge in [-0.2, -0.15) is 0 Å². The van der Waals surface area contributed by atoms with Crippen molar-refractivity contribution in [2.75, 3.05) is 25.9 Å². The standard InChI is InChI=1S/C15H32N2O2S/c1-5-14-6-8-15(12-16,9-7-14)17(4)10-11-20(18,19)13(2)3/h13-14H,5-12,16H2,1-4H3. The Hall–Kier alpha value is -0.130. The van der Waals surface area contributed by atoms with Gasteiger partial charge in [0, 0.05) is 18.6 Å². The SMILES string of the molecule is CCC1CCC(CN)(N(C)CCS(=O)(=O)C(C)C)CC1. The van der Waals surface area contributed by atoms with Crippen LogP contribution >= 0.6 is 0 Å². The van der Waals surface area contributed by atoms with Gasteiger partial charge in [-0.15, -0.1) is 0 Å². The number of likely N-dealkylation sites (N-methyl/N-ethyl adjacent to an activating group) is 1. The Morgan fingerprint density at radius 2 is 1.85 bits per heavy atom. The second-order valence-corrected chi connectivity index (χ2v) is 9.29. The van der Waals surface area contributed by atoms with Crippen molar-refractivity contribution < 1.29 is 8.42 Å². The van der Waals surface area contributed by atoms with Gasteiger partial charge in [0.1, 0.15) is 0 Å². The number of hydrogen-bond acceptors (Lipinski definition) is 4. The molecule has 0 aliphatic heterocycles. The molecule has 20 heavy (non-hydrogen) atoms. The molecule has 4 nitrogen and oxygen atoms in total. The van der Waals surface area contributed by atoms with E-state index in [-0.39, 0.29) is 16.5 Å². The average Bonchev–Trinajstić information content (AvgIpc) is 2.44. The quantitative estimate of drug-likeness (QED) is 0.782. The van der Waals surface area contributed by atoms with Gasteiger partial charge >= 0.3 is 0 Å². The van der Waals surface area contributed by atoms with Crippen molar-refractivity contribution in [1.29, 1.82) is 0 Å². The van der Waals surface area contributed by atoms with Crippen LogP contribution in [0.15, 0.2) is 0 Å². The molecule has 0 aromatic rings. The summed E-state index contributed by atoms with van der Waals surface area (Å²) in [6, 6.07) is 0. The number of rotatable bonds is 7. The second kappa shape index (κ2) is 7.23. The second-order valence-electron chi connectivity index (χ2n) is 6.62. The van der Waals surface area contributed by atoms with Gasteiger partial charge in [0.2, 0.25) is 0 Å². The van der Waals surface area contributed by atoms with E-state index < -0.39 is 9.84 Å². The molecule has 1 fully saturated rings. The zero-order valence-corrected chi connectivity index (χ0v) is 14.4. The maximum atomic E-state index is 12.0. The molecule has 0 unspecified atom stereocenters. The largest absolute Gasteiger partial charge is 0.329 e. The van der Waals surface area contributed by atoms with E-state index in [1.165, 1.54) is 19.3 Å². The monoisotopic (exact) mass is 304 g/mol. The van der Waals surface area contributed by atoms with Crippen molar-refractivity contribution >= 4 is 9.84 Å². The van der Waals surface area contributed by atoms with Crippen LogP contribution in [-0.4, -0.2) is 50.0 Å². The highest BCUT2D eigenvalue weighted by Crippen LogP contribution is 2.36. The summed E-state index contributed by atoms with van der Waals surface area (Å²) in [4.78, 5) is 2.21. The van der Waals surface area contributed by atoms with Crippen molar-refractivity contribution in [2.45, 2.75) is 63.7 Å².